The highest BCUT2D eigenvalue weighted by atomic mass is 16.5. The Morgan fingerprint density at radius 3 is 2.45 bits per heavy atom. The fraction of sp³-hybridized carbons (Fsp3) is 0.375. The van der Waals surface area contributed by atoms with Crippen LogP contribution >= 0.6 is 0 Å². The van der Waals surface area contributed by atoms with E-state index >= 15 is 0 Å². The van der Waals surface area contributed by atoms with Crippen LogP contribution in [-0.2, 0) is 0 Å². The summed E-state index contributed by atoms with van der Waals surface area (Å²) >= 11 is 0. The molecule has 0 N–H and O–H groups in total. The second-order valence-electron chi connectivity index (χ2n) is 7.69. The zero-order valence-electron chi connectivity index (χ0n) is 19.2. The molecule has 1 aromatic heterocycles. The van der Waals surface area contributed by atoms with Gasteiger partial charge in [0.15, 0.2) is 11.5 Å². The van der Waals surface area contributed by atoms with Gasteiger partial charge in [0.25, 0.3) is 5.91 Å². The smallest absolute Gasteiger partial charge is 0.254 e. The van der Waals surface area contributed by atoms with Crippen molar-refractivity contribution in [3.8, 4) is 34.4 Å². The van der Waals surface area contributed by atoms with Crippen molar-refractivity contribution in [1.82, 2.24) is 15.0 Å². The summed E-state index contributed by atoms with van der Waals surface area (Å²) in [6, 6.07) is 10.8. The van der Waals surface area contributed by atoms with Crippen molar-refractivity contribution in [2.75, 3.05) is 41.5 Å². The van der Waals surface area contributed by atoms with Gasteiger partial charge in [0.1, 0.15) is 5.75 Å². The van der Waals surface area contributed by atoms with Gasteiger partial charge in [-0.1, -0.05) is 17.3 Å². The van der Waals surface area contributed by atoms with Crippen LogP contribution in [0.15, 0.2) is 40.9 Å². The first kappa shape index (κ1) is 22.4. The normalized spacial score (nSPS) is 15.8. The average molecular weight is 453 g/mol. The molecule has 1 amide bonds. The second-order valence-corrected chi connectivity index (χ2v) is 7.69. The monoisotopic (exact) mass is 453 g/mol. The van der Waals surface area contributed by atoms with Crippen LogP contribution in [-0.4, -0.2) is 62.5 Å². The number of nitrogens with zero attached hydrogens (tertiary/aromatic N) is 3. The molecule has 9 nitrogen and oxygen atoms in total. The molecular formula is C24H27N3O6. The highest BCUT2D eigenvalue weighted by Gasteiger charge is 2.30. The van der Waals surface area contributed by atoms with E-state index in [-0.39, 0.29) is 11.8 Å². The highest BCUT2D eigenvalue weighted by molar-refractivity contribution is 5.95. The first-order chi connectivity index (χ1) is 16.1. The molecule has 0 aliphatic carbocycles. The lowest BCUT2D eigenvalue weighted by Gasteiger charge is -2.31. The van der Waals surface area contributed by atoms with Gasteiger partial charge >= 0.3 is 0 Å². The number of carbonyl (C=O) groups is 1. The summed E-state index contributed by atoms with van der Waals surface area (Å²) in [4.78, 5) is 19.7. The number of rotatable bonds is 7. The van der Waals surface area contributed by atoms with Crippen molar-refractivity contribution in [2.24, 2.45) is 0 Å². The molecule has 1 unspecified atom stereocenters. The number of carbonyl (C=O) groups excluding carboxylic acids is 1. The largest absolute Gasteiger partial charge is 0.497 e. The third-order valence-corrected chi connectivity index (χ3v) is 5.74. The Bertz CT molecular complexity index is 1100. The van der Waals surface area contributed by atoms with Crippen LogP contribution in [0.25, 0.3) is 11.4 Å². The summed E-state index contributed by atoms with van der Waals surface area (Å²) < 4.78 is 27.0. The van der Waals surface area contributed by atoms with Gasteiger partial charge in [-0.15, -0.1) is 0 Å². The molecule has 3 aromatic rings. The maximum atomic E-state index is 13.3. The number of aromatic nitrogens is 2. The zero-order chi connectivity index (χ0) is 23.4. The number of hydrogen-bond donors (Lipinski definition) is 0. The molecule has 0 radical (unpaired) electrons. The van der Waals surface area contributed by atoms with Crippen molar-refractivity contribution in [2.45, 2.75) is 18.8 Å². The summed E-state index contributed by atoms with van der Waals surface area (Å²) in [5.74, 6) is 2.90. The summed E-state index contributed by atoms with van der Waals surface area (Å²) in [5, 5.41) is 4.14. The van der Waals surface area contributed by atoms with Crippen LogP contribution < -0.4 is 18.9 Å². The van der Waals surface area contributed by atoms with E-state index in [2.05, 4.69) is 10.1 Å². The number of methoxy groups -OCH3 is 4. The lowest BCUT2D eigenvalue weighted by Crippen LogP contribution is -2.39. The molecule has 0 spiro atoms. The van der Waals surface area contributed by atoms with Crippen LogP contribution in [0.3, 0.4) is 0 Å². The molecule has 9 heteroatoms. The second kappa shape index (κ2) is 9.81. The molecule has 1 aliphatic rings. The number of likely N-dealkylation sites (tertiary alicyclic amines) is 1. The van der Waals surface area contributed by atoms with E-state index < -0.39 is 0 Å². The molecular weight excluding hydrogens is 426 g/mol. The summed E-state index contributed by atoms with van der Waals surface area (Å²) in [6.45, 7) is 1.12. The first-order valence-electron chi connectivity index (χ1n) is 10.6. The van der Waals surface area contributed by atoms with Crippen molar-refractivity contribution in [3.05, 3.63) is 47.9 Å². The maximum absolute atomic E-state index is 13.3. The fourth-order valence-electron chi connectivity index (χ4n) is 4.03. The molecule has 1 fully saturated rings. The minimum Gasteiger partial charge on any atom is -0.497 e. The Labute approximate surface area is 192 Å². The van der Waals surface area contributed by atoms with Crippen molar-refractivity contribution < 1.29 is 28.3 Å². The van der Waals surface area contributed by atoms with E-state index in [1.165, 1.54) is 21.3 Å². The van der Waals surface area contributed by atoms with Gasteiger partial charge in [-0.25, -0.2) is 0 Å². The Morgan fingerprint density at radius 2 is 1.79 bits per heavy atom. The van der Waals surface area contributed by atoms with E-state index in [0.717, 1.165) is 24.2 Å². The van der Waals surface area contributed by atoms with Gasteiger partial charge in [0.2, 0.25) is 17.5 Å². The summed E-state index contributed by atoms with van der Waals surface area (Å²) in [5.41, 5.74) is 1.28. The van der Waals surface area contributed by atoms with Crippen molar-refractivity contribution >= 4 is 5.91 Å². The summed E-state index contributed by atoms with van der Waals surface area (Å²) in [7, 11) is 6.19. The SMILES string of the molecule is COc1cccc(-c2noc(C3CCCN(C(=O)c4cc(OC)c(OC)c(OC)c4)C3)n2)c1. The number of benzene rings is 2. The van der Waals surface area contributed by atoms with E-state index in [0.29, 0.717) is 47.6 Å². The molecule has 1 saturated heterocycles. The standard InChI is InChI=1S/C24H27N3O6/c1-29-18-9-5-7-15(11-18)22-25-23(33-26-22)16-8-6-10-27(14-16)24(28)17-12-19(30-2)21(32-4)20(13-17)31-3/h5,7,9,11-13,16H,6,8,10,14H2,1-4H3. The van der Waals surface area contributed by atoms with Crippen molar-refractivity contribution in [1.29, 1.82) is 0 Å². The Kier molecular flexibility index (Phi) is 6.67. The van der Waals surface area contributed by atoms with Crippen molar-refractivity contribution in [3.63, 3.8) is 0 Å². The number of ether oxygens (including phenoxy) is 4. The van der Waals surface area contributed by atoms with Gasteiger partial charge in [0.05, 0.1) is 34.4 Å². The molecule has 2 aromatic carbocycles. The molecule has 174 valence electrons. The quantitative estimate of drug-likeness (QED) is 0.533. The highest BCUT2D eigenvalue weighted by Crippen LogP contribution is 2.39. The molecule has 2 heterocycles. The van der Waals surface area contributed by atoms with Gasteiger partial charge in [-0.3, -0.25) is 4.79 Å². The zero-order valence-corrected chi connectivity index (χ0v) is 19.2. The van der Waals surface area contributed by atoms with Gasteiger partial charge in [-0.05, 0) is 37.1 Å². The predicted molar refractivity (Wildman–Crippen MR) is 120 cm³/mol. The van der Waals surface area contributed by atoms with E-state index in [4.69, 9.17) is 23.5 Å². The number of hydrogen-bond acceptors (Lipinski definition) is 8. The number of amides is 1. The molecule has 33 heavy (non-hydrogen) atoms. The third-order valence-electron chi connectivity index (χ3n) is 5.74. The topological polar surface area (TPSA) is 96.2 Å². The molecule has 1 aliphatic heterocycles. The van der Waals surface area contributed by atoms with Crippen LogP contribution in [0.4, 0.5) is 0 Å². The lowest BCUT2D eigenvalue weighted by atomic mass is 9.97. The molecule has 0 bridgehead atoms. The molecule has 4 rings (SSSR count). The lowest BCUT2D eigenvalue weighted by molar-refractivity contribution is 0.0694. The van der Waals surface area contributed by atoms with E-state index in [1.807, 2.05) is 24.3 Å². The van der Waals surface area contributed by atoms with Crippen LogP contribution in [0, 0.1) is 0 Å². The predicted octanol–water partition coefficient (Wildman–Crippen LogP) is 3.79. The van der Waals surface area contributed by atoms with Crippen LogP contribution in [0.2, 0.25) is 0 Å². The van der Waals surface area contributed by atoms with Gasteiger partial charge < -0.3 is 28.4 Å². The maximum Gasteiger partial charge on any atom is 0.254 e. The van der Waals surface area contributed by atoms with Crippen LogP contribution in [0.5, 0.6) is 23.0 Å². The minimum absolute atomic E-state index is 0.0448. The van der Waals surface area contributed by atoms with Gasteiger partial charge in [0, 0.05) is 24.2 Å². The van der Waals surface area contributed by atoms with E-state index in [9.17, 15) is 4.79 Å². The first-order valence-corrected chi connectivity index (χ1v) is 10.6. The van der Waals surface area contributed by atoms with Gasteiger partial charge in [-0.2, -0.15) is 4.98 Å². The fourth-order valence-corrected chi connectivity index (χ4v) is 4.03. The molecule has 1 atom stereocenters. The Morgan fingerprint density at radius 1 is 1.03 bits per heavy atom. The Hall–Kier alpha value is -3.75. The third kappa shape index (κ3) is 4.57. The number of piperidine rings is 1. The van der Waals surface area contributed by atoms with E-state index in [1.54, 1.807) is 24.1 Å². The average Bonchev–Trinajstić information content (AvgIpc) is 3.38. The molecule has 0 saturated carbocycles. The Balaban J connectivity index is 1.53. The summed E-state index contributed by atoms with van der Waals surface area (Å²) in [6.07, 6.45) is 1.69. The minimum atomic E-state index is -0.119. The van der Waals surface area contributed by atoms with Crippen LogP contribution in [0.1, 0.15) is 35.0 Å².